The summed E-state index contributed by atoms with van der Waals surface area (Å²) in [4.78, 5) is 17.5. The highest BCUT2D eigenvalue weighted by atomic mass is 19.4. The summed E-state index contributed by atoms with van der Waals surface area (Å²) in [7, 11) is 0. The molecule has 106 valence electrons. The molecule has 0 bridgehead atoms. The second-order valence-electron chi connectivity index (χ2n) is 4.15. The maximum Gasteiger partial charge on any atom is 0.399 e. The molecule has 0 saturated carbocycles. The van der Waals surface area contributed by atoms with Crippen molar-refractivity contribution in [2.45, 2.75) is 32.0 Å². The molecular formula is C11H14F3N3O2. The van der Waals surface area contributed by atoms with E-state index in [-0.39, 0.29) is 23.9 Å². The molecule has 1 atom stereocenters. The Morgan fingerprint density at radius 3 is 2.68 bits per heavy atom. The third kappa shape index (κ3) is 4.38. The van der Waals surface area contributed by atoms with Crippen LogP contribution in [0.4, 0.5) is 19.0 Å². The zero-order chi connectivity index (χ0) is 14.5. The maximum absolute atomic E-state index is 13.0. The molecule has 0 aliphatic carbocycles. The van der Waals surface area contributed by atoms with Crippen LogP contribution in [0.25, 0.3) is 0 Å². The molecule has 1 unspecified atom stereocenters. The van der Waals surface area contributed by atoms with Gasteiger partial charge in [0.25, 0.3) is 6.47 Å². The summed E-state index contributed by atoms with van der Waals surface area (Å²) in [5.41, 5.74) is -0.148. The van der Waals surface area contributed by atoms with Gasteiger partial charge in [0.1, 0.15) is 24.7 Å². The van der Waals surface area contributed by atoms with Gasteiger partial charge in [0.2, 0.25) is 0 Å². The lowest BCUT2D eigenvalue weighted by Crippen LogP contribution is -2.27. The maximum atomic E-state index is 13.0. The van der Waals surface area contributed by atoms with Crippen molar-refractivity contribution in [2.75, 3.05) is 11.9 Å². The lowest BCUT2D eigenvalue weighted by molar-refractivity contribution is -0.164. The van der Waals surface area contributed by atoms with Gasteiger partial charge < -0.3 is 10.1 Å². The Kier molecular flexibility index (Phi) is 5.08. The number of nitrogens with zero attached hydrogens (tertiary/aromatic N) is 2. The molecule has 1 aromatic rings. The highest BCUT2D eigenvalue weighted by Gasteiger charge is 2.43. The van der Waals surface area contributed by atoms with Crippen molar-refractivity contribution in [3.05, 3.63) is 18.1 Å². The first-order valence-electron chi connectivity index (χ1n) is 5.54. The van der Waals surface area contributed by atoms with Crippen molar-refractivity contribution in [1.82, 2.24) is 9.97 Å². The van der Waals surface area contributed by atoms with E-state index >= 15 is 0 Å². The number of ether oxygens (including phenoxy) is 1. The van der Waals surface area contributed by atoms with Gasteiger partial charge in [0, 0.05) is 17.8 Å². The van der Waals surface area contributed by atoms with Gasteiger partial charge in [-0.25, -0.2) is 9.97 Å². The van der Waals surface area contributed by atoms with Crippen LogP contribution >= 0.6 is 0 Å². The van der Waals surface area contributed by atoms with Gasteiger partial charge in [0.05, 0.1) is 0 Å². The van der Waals surface area contributed by atoms with Crippen LogP contribution in [-0.4, -0.2) is 35.3 Å². The average Bonchev–Trinajstić information content (AvgIpc) is 2.29. The van der Waals surface area contributed by atoms with Crippen LogP contribution < -0.4 is 5.32 Å². The number of rotatable bonds is 6. The van der Waals surface area contributed by atoms with E-state index in [1.807, 2.05) is 0 Å². The van der Waals surface area contributed by atoms with Crippen LogP contribution in [0.1, 0.15) is 25.3 Å². The minimum absolute atomic E-state index is 0.0158. The smallest absolute Gasteiger partial charge is 0.399 e. The van der Waals surface area contributed by atoms with E-state index in [1.165, 1.54) is 0 Å². The minimum atomic E-state index is -4.55. The Labute approximate surface area is 108 Å². The molecule has 0 aromatic carbocycles. The van der Waals surface area contributed by atoms with Crippen LogP contribution in [0.2, 0.25) is 0 Å². The lowest BCUT2D eigenvalue weighted by atomic mass is 10.0. The van der Waals surface area contributed by atoms with Gasteiger partial charge in [-0.2, -0.15) is 13.2 Å². The molecule has 1 heterocycles. The molecule has 0 amide bonds. The Morgan fingerprint density at radius 1 is 1.47 bits per heavy atom. The number of hydrogen-bond donors (Lipinski definition) is 1. The summed E-state index contributed by atoms with van der Waals surface area (Å²) < 4.78 is 43.2. The van der Waals surface area contributed by atoms with E-state index < -0.39 is 18.7 Å². The van der Waals surface area contributed by atoms with E-state index in [0.29, 0.717) is 0 Å². The molecule has 0 radical (unpaired) electrons. The summed E-state index contributed by atoms with van der Waals surface area (Å²) in [6, 6.07) is -0.0884. The summed E-state index contributed by atoms with van der Waals surface area (Å²) in [5, 5.41) is 2.81. The minimum Gasteiger partial charge on any atom is -0.467 e. The summed E-state index contributed by atoms with van der Waals surface area (Å²) in [6.07, 6.45) is -2.33. The highest BCUT2D eigenvalue weighted by Crippen LogP contribution is 2.37. The quantitative estimate of drug-likeness (QED) is 0.807. The summed E-state index contributed by atoms with van der Waals surface area (Å²) in [5.74, 6) is -1.87. The molecule has 0 aliphatic heterocycles. The second kappa shape index (κ2) is 6.35. The summed E-state index contributed by atoms with van der Waals surface area (Å²) >= 11 is 0. The van der Waals surface area contributed by atoms with Crippen molar-refractivity contribution in [3.8, 4) is 0 Å². The topological polar surface area (TPSA) is 64.1 Å². The van der Waals surface area contributed by atoms with E-state index in [9.17, 15) is 18.0 Å². The predicted molar refractivity (Wildman–Crippen MR) is 61.6 cm³/mol. The first-order valence-corrected chi connectivity index (χ1v) is 5.54. The van der Waals surface area contributed by atoms with E-state index in [2.05, 4.69) is 20.0 Å². The fraction of sp³-hybridized carbons (Fsp3) is 0.545. The van der Waals surface area contributed by atoms with Gasteiger partial charge in [0.15, 0.2) is 0 Å². The van der Waals surface area contributed by atoms with Crippen molar-refractivity contribution in [2.24, 2.45) is 0 Å². The number of carbonyl (C=O) groups excluding carboxylic acids is 1. The summed E-state index contributed by atoms with van der Waals surface area (Å²) in [6.45, 7) is 2.73. The Morgan fingerprint density at radius 2 is 2.16 bits per heavy atom. The zero-order valence-corrected chi connectivity index (χ0v) is 10.4. The van der Waals surface area contributed by atoms with Gasteiger partial charge in [-0.3, -0.25) is 4.79 Å². The van der Waals surface area contributed by atoms with Crippen LogP contribution in [0.15, 0.2) is 12.5 Å². The van der Waals surface area contributed by atoms with E-state index in [1.54, 1.807) is 13.8 Å². The van der Waals surface area contributed by atoms with Gasteiger partial charge in [-0.05, 0) is 13.8 Å². The normalized spacial score (nSPS) is 13.2. The zero-order valence-electron chi connectivity index (χ0n) is 10.4. The highest BCUT2D eigenvalue weighted by molar-refractivity contribution is 5.46. The Bertz CT molecular complexity index is 424. The van der Waals surface area contributed by atoms with Crippen molar-refractivity contribution >= 4 is 12.3 Å². The first-order chi connectivity index (χ1) is 8.86. The number of anilines is 1. The molecule has 19 heavy (non-hydrogen) atoms. The monoisotopic (exact) mass is 277 g/mol. The van der Waals surface area contributed by atoms with Crippen molar-refractivity contribution < 1.29 is 22.7 Å². The molecule has 8 heteroatoms. The number of halogens is 3. The molecule has 5 nitrogen and oxygen atoms in total. The molecule has 1 N–H and O–H groups in total. The first kappa shape index (κ1) is 15.2. The Hall–Kier alpha value is -1.86. The predicted octanol–water partition coefficient (Wildman–Crippen LogP) is 2.12. The molecule has 0 fully saturated rings. The number of carbonyl (C=O) groups is 1. The van der Waals surface area contributed by atoms with Gasteiger partial charge in [-0.15, -0.1) is 0 Å². The van der Waals surface area contributed by atoms with Crippen LogP contribution in [0.5, 0.6) is 0 Å². The standard InChI is InChI=1S/C11H14F3N3O2/c1-7(2)17-10-8(3-15-5-16-10)9(4-19-6-18)11(12,13)14/h3,5-7,9H,4H2,1-2H3,(H,15,16,17). The second-order valence-corrected chi connectivity index (χ2v) is 4.15. The molecule has 1 aromatic heterocycles. The van der Waals surface area contributed by atoms with Gasteiger partial charge >= 0.3 is 6.18 Å². The molecular weight excluding hydrogens is 263 g/mol. The molecule has 1 rings (SSSR count). The number of aromatic nitrogens is 2. The average molecular weight is 277 g/mol. The SMILES string of the molecule is CC(C)Nc1ncncc1C(COC=O)C(F)(F)F. The van der Waals surface area contributed by atoms with Gasteiger partial charge in [-0.1, -0.05) is 0 Å². The Balaban J connectivity index is 3.10. The number of nitrogens with one attached hydrogen (secondary N) is 1. The molecule has 0 saturated heterocycles. The fourth-order valence-electron chi connectivity index (χ4n) is 1.49. The van der Waals surface area contributed by atoms with Crippen LogP contribution in [0, 0.1) is 0 Å². The molecule has 0 aliphatic rings. The number of hydrogen-bond acceptors (Lipinski definition) is 5. The number of alkyl halides is 3. The molecule has 0 spiro atoms. The third-order valence-electron chi connectivity index (χ3n) is 2.27. The fourth-order valence-corrected chi connectivity index (χ4v) is 1.49. The largest absolute Gasteiger partial charge is 0.467 e. The third-order valence-corrected chi connectivity index (χ3v) is 2.27. The van der Waals surface area contributed by atoms with Crippen molar-refractivity contribution in [1.29, 1.82) is 0 Å². The lowest BCUT2D eigenvalue weighted by Gasteiger charge is -2.22. The van der Waals surface area contributed by atoms with E-state index in [4.69, 9.17) is 0 Å². The van der Waals surface area contributed by atoms with Crippen molar-refractivity contribution in [3.63, 3.8) is 0 Å². The van der Waals surface area contributed by atoms with E-state index in [0.717, 1.165) is 12.5 Å². The van der Waals surface area contributed by atoms with Crippen LogP contribution in [-0.2, 0) is 9.53 Å². The van der Waals surface area contributed by atoms with Crippen LogP contribution in [0.3, 0.4) is 0 Å².